The van der Waals surface area contributed by atoms with Crippen LogP contribution >= 0.6 is 0 Å². The van der Waals surface area contributed by atoms with Gasteiger partial charge in [0.05, 0.1) is 6.04 Å². The third-order valence-corrected chi connectivity index (χ3v) is 1.62. The van der Waals surface area contributed by atoms with E-state index in [1.807, 2.05) is 34.9 Å². The van der Waals surface area contributed by atoms with Crippen LogP contribution < -0.4 is 16.5 Å². The molecule has 6 nitrogen and oxygen atoms in total. The molecule has 4 N–H and O–H groups in total. The van der Waals surface area contributed by atoms with Crippen LogP contribution in [0.2, 0.25) is 0 Å². The molecule has 0 bridgehead atoms. The molecule has 0 aromatic heterocycles. The highest BCUT2D eigenvalue weighted by Crippen LogP contribution is 2.06. The molecule has 0 radical (unpaired) electrons. The molecule has 0 saturated heterocycles. The smallest absolute Gasteiger partial charge is 0.407 e. The summed E-state index contributed by atoms with van der Waals surface area (Å²) in [5.74, 6) is 0. The summed E-state index contributed by atoms with van der Waals surface area (Å²) in [6.45, 7) is 6.35. The van der Waals surface area contributed by atoms with E-state index in [0.717, 1.165) is 0 Å². The molecule has 1 atom stereocenters. The molecule has 6 heteroatoms. The third kappa shape index (κ3) is 8.46. The van der Waals surface area contributed by atoms with Crippen molar-refractivity contribution in [3.63, 3.8) is 0 Å². The van der Waals surface area contributed by atoms with Gasteiger partial charge in [0, 0.05) is 27.2 Å². The van der Waals surface area contributed by atoms with Gasteiger partial charge >= 0.3 is 6.09 Å². The van der Waals surface area contributed by atoms with E-state index in [2.05, 4.69) is 10.7 Å². The van der Waals surface area contributed by atoms with E-state index in [0.29, 0.717) is 13.1 Å². The van der Waals surface area contributed by atoms with Crippen LogP contribution in [0.25, 0.3) is 0 Å². The standard InChI is InChI=1S/C10H24N4O2/c1-10(2,3)16-9(15)12-7-8(6-11)13-14(4)5/h8,13H,6-7,11H2,1-5H3,(H,12,15). The fourth-order valence-corrected chi connectivity index (χ4v) is 1.07. The van der Waals surface area contributed by atoms with Gasteiger partial charge in [-0.25, -0.2) is 10.2 Å². The van der Waals surface area contributed by atoms with E-state index >= 15 is 0 Å². The first kappa shape index (κ1) is 15.2. The van der Waals surface area contributed by atoms with E-state index in [1.54, 1.807) is 5.01 Å². The minimum absolute atomic E-state index is 0.00233. The predicted octanol–water partition coefficient (Wildman–Crippen LogP) is -0.0954. The average molecular weight is 232 g/mol. The fraction of sp³-hybridized carbons (Fsp3) is 0.900. The molecule has 0 heterocycles. The molecule has 96 valence electrons. The van der Waals surface area contributed by atoms with Gasteiger partial charge < -0.3 is 15.8 Å². The highest BCUT2D eigenvalue weighted by Gasteiger charge is 2.17. The Balaban J connectivity index is 3.88. The van der Waals surface area contributed by atoms with Gasteiger partial charge in [-0.05, 0) is 20.8 Å². The maximum Gasteiger partial charge on any atom is 0.407 e. The van der Waals surface area contributed by atoms with Crippen molar-refractivity contribution in [2.24, 2.45) is 5.73 Å². The first-order valence-electron chi connectivity index (χ1n) is 5.35. The zero-order valence-electron chi connectivity index (χ0n) is 10.8. The van der Waals surface area contributed by atoms with Crippen molar-refractivity contribution in [1.82, 2.24) is 15.8 Å². The van der Waals surface area contributed by atoms with Gasteiger partial charge in [0.25, 0.3) is 0 Å². The molecule has 0 saturated carbocycles. The van der Waals surface area contributed by atoms with Gasteiger partial charge in [-0.3, -0.25) is 5.01 Å². The maximum atomic E-state index is 11.3. The number of nitrogens with zero attached hydrogens (tertiary/aromatic N) is 1. The van der Waals surface area contributed by atoms with E-state index in [9.17, 15) is 4.79 Å². The second-order valence-corrected chi connectivity index (χ2v) is 4.84. The number of amides is 1. The number of hydrogen-bond acceptors (Lipinski definition) is 5. The topological polar surface area (TPSA) is 79.6 Å². The lowest BCUT2D eigenvalue weighted by Gasteiger charge is -2.24. The van der Waals surface area contributed by atoms with Crippen molar-refractivity contribution in [3.05, 3.63) is 0 Å². The Morgan fingerprint density at radius 1 is 1.44 bits per heavy atom. The Labute approximate surface area is 97.5 Å². The molecule has 0 aliphatic heterocycles. The van der Waals surface area contributed by atoms with Crippen LogP contribution in [0.1, 0.15) is 20.8 Å². The van der Waals surface area contributed by atoms with Crippen LogP contribution in [0, 0.1) is 0 Å². The SMILES string of the molecule is CN(C)NC(CN)CNC(=O)OC(C)(C)C. The quantitative estimate of drug-likeness (QED) is 0.577. The first-order valence-corrected chi connectivity index (χ1v) is 5.35. The number of hydrazine groups is 1. The molecular weight excluding hydrogens is 208 g/mol. The Hall–Kier alpha value is -0.850. The molecule has 0 spiro atoms. The normalized spacial score (nSPS) is 13.7. The van der Waals surface area contributed by atoms with E-state index in [4.69, 9.17) is 10.5 Å². The summed E-state index contributed by atoms with van der Waals surface area (Å²) in [4.78, 5) is 11.3. The van der Waals surface area contributed by atoms with E-state index in [-0.39, 0.29) is 6.04 Å². The van der Waals surface area contributed by atoms with Crippen molar-refractivity contribution in [3.8, 4) is 0 Å². The van der Waals surface area contributed by atoms with Crippen molar-refractivity contribution in [2.45, 2.75) is 32.4 Å². The molecule has 1 unspecified atom stereocenters. The Morgan fingerprint density at radius 3 is 2.38 bits per heavy atom. The first-order chi connectivity index (χ1) is 7.24. The summed E-state index contributed by atoms with van der Waals surface area (Å²) in [5, 5.41) is 4.47. The lowest BCUT2D eigenvalue weighted by atomic mass is 10.2. The van der Waals surface area contributed by atoms with Crippen molar-refractivity contribution in [2.75, 3.05) is 27.2 Å². The molecular formula is C10H24N4O2. The number of alkyl carbamates (subject to hydrolysis) is 1. The molecule has 0 fully saturated rings. The predicted molar refractivity (Wildman–Crippen MR) is 63.9 cm³/mol. The van der Waals surface area contributed by atoms with E-state index in [1.165, 1.54) is 0 Å². The van der Waals surface area contributed by atoms with Crippen LogP contribution in [0.4, 0.5) is 4.79 Å². The second kappa shape index (κ2) is 6.67. The number of carbonyl (C=O) groups excluding carboxylic acids is 1. The van der Waals surface area contributed by atoms with Crippen LogP contribution in [-0.2, 0) is 4.74 Å². The summed E-state index contributed by atoms with van der Waals surface area (Å²) < 4.78 is 5.11. The van der Waals surface area contributed by atoms with E-state index < -0.39 is 11.7 Å². The number of nitrogens with two attached hydrogens (primary N) is 1. The molecule has 0 aromatic carbocycles. The second-order valence-electron chi connectivity index (χ2n) is 4.84. The summed E-state index contributed by atoms with van der Waals surface area (Å²) in [7, 11) is 3.74. The summed E-state index contributed by atoms with van der Waals surface area (Å²) in [6, 6.07) is 0.00233. The minimum atomic E-state index is -0.475. The van der Waals surface area contributed by atoms with Crippen LogP contribution in [0.15, 0.2) is 0 Å². The Bertz CT molecular complexity index is 213. The number of nitrogens with one attached hydrogen (secondary N) is 2. The highest BCUT2D eigenvalue weighted by atomic mass is 16.6. The number of carbonyl (C=O) groups is 1. The molecule has 16 heavy (non-hydrogen) atoms. The van der Waals surface area contributed by atoms with Crippen molar-refractivity contribution < 1.29 is 9.53 Å². The molecule has 0 aromatic rings. The number of rotatable bonds is 5. The Morgan fingerprint density at radius 2 is 2.00 bits per heavy atom. The molecule has 1 amide bonds. The van der Waals surface area contributed by atoms with Gasteiger partial charge in [-0.2, -0.15) is 0 Å². The van der Waals surface area contributed by atoms with Crippen LogP contribution in [0.3, 0.4) is 0 Å². The minimum Gasteiger partial charge on any atom is -0.444 e. The largest absolute Gasteiger partial charge is 0.444 e. The zero-order chi connectivity index (χ0) is 12.8. The van der Waals surface area contributed by atoms with Crippen molar-refractivity contribution in [1.29, 1.82) is 0 Å². The third-order valence-electron chi connectivity index (χ3n) is 1.62. The van der Waals surface area contributed by atoms with Gasteiger partial charge in [0.15, 0.2) is 0 Å². The summed E-state index contributed by atoms with van der Waals surface area (Å²) in [6.07, 6.45) is -0.425. The maximum absolute atomic E-state index is 11.3. The lowest BCUT2D eigenvalue weighted by molar-refractivity contribution is 0.0517. The van der Waals surface area contributed by atoms with Gasteiger partial charge in [0.2, 0.25) is 0 Å². The fourth-order valence-electron chi connectivity index (χ4n) is 1.07. The number of ether oxygens (including phenoxy) is 1. The van der Waals surface area contributed by atoms with Gasteiger partial charge in [0.1, 0.15) is 5.60 Å². The van der Waals surface area contributed by atoms with Crippen LogP contribution in [0.5, 0.6) is 0 Å². The molecule has 0 aliphatic carbocycles. The molecule has 0 rings (SSSR count). The van der Waals surface area contributed by atoms with Crippen LogP contribution in [-0.4, -0.2) is 49.9 Å². The highest BCUT2D eigenvalue weighted by molar-refractivity contribution is 5.67. The number of hydrogen-bond donors (Lipinski definition) is 3. The van der Waals surface area contributed by atoms with Crippen molar-refractivity contribution >= 4 is 6.09 Å². The average Bonchev–Trinajstić information content (AvgIpc) is 2.08. The summed E-state index contributed by atoms with van der Waals surface area (Å²) >= 11 is 0. The lowest BCUT2D eigenvalue weighted by Crippen LogP contribution is -2.50. The van der Waals surface area contributed by atoms with Gasteiger partial charge in [-0.15, -0.1) is 0 Å². The molecule has 0 aliphatic rings. The Kier molecular flexibility index (Phi) is 6.32. The monoisotopic (exact) mass is 232 g/mol. The summed E-state index contributed by atoms with van der Waals surface area (Å²) in [5.41, 5.74) is 8.16. The van der Waals surface area contributed by atoms with Gasteiger partial charge in [-0.1, -0.05) is 0 Å². The zero-order valence-corrected chi connectivity index (χ0v) is 10.8.